The molecule has 3 rings (SSSR count). The van der Waals surface area contributed by atoms with Crippen LogP contribution in [0.5, 0.6) is 11.5 Å². The van der Waals surface area contributed by atoms with Crippen LogP contribution in [-0.4, -0.2) is 35.1 Å². The summed E-state index contributed by atoms with van der Waals surface area (Å²) in [5.74, 6) is -0.639. The van der Waals surface area contributed by atoms with Crippen LogP contribution in [0, 0.1) is 10.6 Å². The highest BCUT2D eigenvalue weighted by molar-refractivity contribution is 7.71. The average Bonchev–Trinajstić information content (AvgIpc) is 3.17. The van der Waals surface area contributed by atoms with E-state index in [-0.39, 0.29) is 16.0 Å². The molecule has 3 aromatic rings. The lowest BCUT2D eigenvalue weighted by molar-refractivity contribution is 0.0842. The Morgan fingerprint density at radius 1 is 1.10 bits per heavy atom. The Labute approximate surface area is 183 Å². The molecule has 0 bridgehead atoms. The van der Waals surface area contributed by atoms with E-state index in [0.29, 0.717) is 23.8 Å². The molecule has 162 valence electrons. The molecule has 1 heterocycles. The normalized spacial score (nSPS) is 10.4. The van der Waals surface area contributed by atoms with Crippen LogP contribution in [0.3, 0.4) is 0 Å². The van der Waals surface area contributed by atoms with Crippen LogP contribution in [-0.2, 0) is 0 Å². The number of benzene rings is 2. The van der Waals surface area contributed by atoms with E-state index in [1.54, 1.807) is 12.1 Å². The van der Waals surface area contributed by atoms with Crippen molar-refractivity contribution in [3.8, 4) is 17.2 Å². The van der Waals surface area contributed by atoms with Gasteiger partial charge in [0.25, 0.3) is 11.8 Å². The first kappa shape index (κ1) is 22.0. The van der Waals surface area contributed by atoms with E-state index in [1.165, 1.54) is 48.2 Å². The molecule has 0 spiro atoms. The van der Waals surface area contributed by atoms with E-state index < -0.39 is 17.6 Å². The molecule has 0 saturated heterocycles. The number of hydrogen-bond donors (Lipinski definition) is 3. The number of carbonyl (C=O) groups is 2. The minimum Gasteiger partial charge on any atom is -0.493 e. The standard InChI is InChI=1S/C21H21FN4O4S/c1-3-10-30-17-9-4-13(11-18(17)29-2)19(27)24-25-20(28)16-12-23-21(31)26(16)15-7-5-14(22)6-8-15/h4-9,11-12H,3,10H2,1-2H3,(H,23,31)(H,24,27)(H,25,28). The van der Waals surface area contributed by atoms with Crippen molar-refractivity contribution < 1.29 is 23.5 Å². The average molecular weight is 444 g/mol. The van der Waals surface area contributed by atoms with Crippen LogP contribution in [0.25, 0.3) is 5.69 Å². The SMILES string of the molecule is CCCOc1ccc(C(=O)NNC(=O)c2c[nH]c(=S)n2-c2ccc(F)cc2)cc1OC. The molecule has 10 heteroatoms. The Kier molecular flexibility index (Phi) is 7.03. The second kappa shape index (κ2) is 9.90. The number of nitrogens with zero attached hydrogens (tertiary/aromatic N) is 1. The van der Waals surface area contributed by atoms with Crippen LogP contribution >= 0.6 is 12.2 Å². The molecular formula is C21H21FN4O4S. The van der Waals surface area contributed by atoms with Gasteiger partial charge >= 0.3 is 0 Å². The maximum atomic E-state index is 13.2. The number of H-pyrrole nitrogens is 1. The summed E-state index contributed by atoms with van der Waals surface area (Å²) in [6.45, 7) is 2.50. The Balaban J connectivity index is 1.72. The molecule has 3 N–H and O–H groups in total. The zero-order valence-electron chi connectivity index (χ0n) is 16.9. The van der Waals surface area contributed by atoms with Crippen molar-refractivity contribution in [1.29, 1.82) is 0 Å². The van der Waals surface area contributed by atoms with E-state index in [9.17, 15) is 14.0 Å². The molecule has 0 aliphatic carbocycles. The molecule has 8 nitrogen and oxygen atoms in total. The molecule has 0 saturated carbocycles. The molecule has 31 heavy (non-hydrogen) atoms. The fourth-order valence-electron chi connectivity index (χ4n) is 2.77. The van der Waals surface area contributed by atoms with E-state index in [1.807, 2.05) is 6.92 Å². The van der Waals surface area contributed by atoms with E-state index in [2.05, 4.69) is 15.8 Å². The molecule has 0 atom stereocenters. The topological polar surface area (TPSA) is 97.4 Å². The Morgan fingerprint density at radius 2 is 1.81 bits per heavy atom. The minimum atomic E-state index is -0.611. The highest BCUT2D eigenvalue weighted by atomic mass is 32.1. The van der Waals surface area contributed by atoms with Gasteiger partial charge in [0.15, 0.2) is 16.3 Å². The van der Waals surface area contributed by atoms with Crippen molar-refractivity contribution in [3.05, 3.63) is 70.5 Å². The fourth-order valence-corrected chi connectivity index (χ4v) is 3.03. The maximum absolute atomic E-state index is 13.2. The van der Waals surface area contributed by atoms with Crippen LogP contribution in [0.4, 0.5) is 4.39 Å². The summed E-state index contributed by atoms with van der Waals surface area (Å²) in [4.78, 5) is 27.9. The summed E-state index contributed by atoms with van der Waals surface area (Å²) in [6.07, 6.45) is 2.23. The first-order valence-corrected chi connectivity index (χ1v) is 9.83. The largest absolute Gasteiger partial charge is 0.493 e. The molecule has 2 aromatic carbocycles. The summed E-state index contributed by atoms with van der Waals surface area (Å²) in [5, 5.41) is 0. The monoisotopic (exact) mass is 444 g/mol. The predicted molar refractivity (Wildman–Crippen MR) is 115 cm³/mol. The zero-order chi connectivity index (χ0) is 22.4. The lowest BCUT2D eigenvalue weighted by Gasteiger charge is -2.13. The number of halogens is 1. The molecule has 0 fully saturated rings. The fraction of sp³-hybridized carbons (Fsp3) is 0.190. The van der Waals surface area contributed by atoms with Gasteiger partial charge < -0.3 is 14.5 Å². The third kappa shape index (κ3) is 5.10. The van der Waals surface area contributed by atoms with Gasteiger partial charge in [0, 0.05) is 17.4 Å². The quantitative estimate of drug-likeness (QED) is 0.383. The van der Waals surface area contributed by atoms with Gasteiger partial charge in [-0.05, 0) is 61.1 Å². The number of aromatic nitrogens is 2. The molecular weight excluding hydrogens is 423 g/mol. The molecule has 0 aliphatic heterocycles. The van der Waals surface area contributed by atoms with Gasteiger partial charge in [0.05, 0.1) is 13.7 Å². The van der Waals surface area contributed by atoms with E-state index in [0.717, 1.165) is 6.42 Å². The molecule has 0 radical (unpaired) electrons. The van der Waals surface area contributed by atoms with Crippen LogP contribution in [0.2, 0.25) is 0 Å². The summed E-state index contributed by atoms with van der Waals surface area (Å²) < 4.78 is 25.7. The van der Waals surface area contributed by atoms with Crippen molar-refractivity contribution in [3.63, 3.8) is 0 Å². The number of amides is 2. The van der Waals surface area contributed by atoms with Crippen LogP contribution in [0.15, 0.2) is 48.7 Å². The highest BCUT2D eigenvalue weighted by Crippen LogP contribution is 2.28. The molecule has 0 unspecified atom stereocenters. The Morgan fingerprint density at radius 3 is 2.48 bits per heavy atom. The highest BCUT2D eigenvalue weighted by Gasteiger charge is 2.17. The third-order valence-corrected chi connectivity index (χ3v) is 4.57. The van der Waals surface area contributed by atoms with Gasteiger partial charge in [-0.1, -0.05) is 6.92 Å². The number of imidazole rings is 1. The number of methoxy groups -OCH3 is 1. The number of hydrogen-bond acceptors (Lipinski definition) is 5. The Bertz CT molecular complexity index is 1140. The van der Waals surface area contributed by atoms with Crippen molar-refractivity contribution in [2.24, 2.45) is 0 Å². The second-order valence-corrected chi connectivity index (χ2v) is 6.80. The van der Waals surface area contributed by atoms with Crippen molar-refractivity contribution >= 4 is 24.0 Å². The second-order valence-electron chi connectivity index (χ2n) is 6.41. The van der Waals surface area contributed by atoms with Gasteiger partial charge in [-0.3, -0.25) is 25.0 Å². The van der Waals surface area contributed by atoms with E-state index in [4.69, 9.17) is 21.7 Å². The van der Waals surface area contributed by atoms with Crippen LogP contribution in [0.1, 0.15) is 34.2 Å². The number of nitrogens with one attached hydrogen (secondary N) is 3. The molecule has 1 aromatic heterocycles. The van der Waals surface area contributed by atoms with Gasteiger partial charge in [-0.25, -0.2) is 4.39 Å². The number of hydrazine groups is 1. The molecule has 0 aliphatic rings. The molecule has 2 amide bonds. The minimum absolute atomic E-state index is 0.137. The third-order valence-electron chi connectivity index (χ3n) is 4.27. The number of aromatic amines is 1. The summed E-state index contributed by atoms with van der Waals surface area (Å²) >= 11 is 5.21. The van der Waals surface area contributed by atoms with Gasteiger partial charge in [0.2, 0.25) is 0 Å². The van der Waals surface area contributed by atoms with Gasteiger partial charge in [-0.2, -0.15) is 0 Å². The lowest BCUT2D eigenvalue weighted by Crippen LogP contribution is -2.42. The number of carbonyl (C=O) groups excluding carboxylic acids is 2. The first-order chi connectivity index (χ1) is 14.9. The van der Waals surface area contributed by atoms with Crippen LogP contribution < -0.4 is 20.3 Å². The first-order valence-electron chi connectivity index (χ1n) is 9.42. The van der Waals surface area contributed by atoms with Crippen molar-refractivity contribution in [2.75, 3.05) is 13.7 Å². The van der Waals surface area contributed by atoms with Crippen molar-refractivity contribution in [1.82, 2.24) is 20.4 Å². The zero-order valence-corrected chi connectivity index (χ0v) is 17.7. The number of rotatable bonds is 7. The lowest BCUT2D eigenvalue weighted by atomic mass is 10.2. The predicted octanol–water partition coefficient (Wildman–Crippen LogP) is 3.55. The van der Waals surface area contributed by atoms with Gasteiger partial charge in [0.1, 0.15) is 11.5 Å². The summed E-state index contributed by atoms with van der Waals surface area (Å²) in [6, 6.07) is 10.2. The summed E-state index contributed by atoms with van der Waals surface area (Å²) in [5.41, 5.74) is 5.60. The maximum Gasteiger partial charge on any atom is 0.288 e. The Hall–Kier alpha value is -3.66. The van der Waals surface area contributed by atoms with Gasteiger partial charge in [-0.15, -0.1) is 0 Å². The smallest absolute Gasteiger partial charge is 0.288 e. The van der Waals surface area contributed by atoms with E-state index >= 15 is 0 Å². The van der Waals surface area contributed by atoms with Crippen molar-refractivity contribution in [2.45, 2.75) is 13.3 Å². The summed E-state index contributed by atoms with van der Waals surface area (Å²) in [7, 11) is 1.48. The number of ether oxygens (including phenoxy) is 2.